The molecule has 0 bridgehead atoms. The van der Waals surface area contributed by atoms with Crippen molar-refractivity contribution >= 4 is 40.4 Å². The number of hydrogen-bond donors (Lipinski definition) is 0. The van der Waals surface area contributed by atoms with Gasteiger partial charge in [-0.2, -0.15) is 0 Å². The molecule has 232 valence electrons. The maximum absolute atomic E-state index is 14.1. The molecule has 7 heteroatoms. The molecule has 1 fully saturated rings. The molecule has 0 atom stereocenters. The Labute approximate surface area is 260 Å². The van der Waals surface area contributed by atoms with Crippen LogP contribution in [0.3, 0.4) is 0 Å². The van der Waals surface area contributed by atoms with E-state index in [1.807, 2.05) is 12.1 Å². The molecule has 3 rings (SSSR count). The van der Waals surface area contributed by atoms with E-state index in [0.29, 0.717) is 29.7 Å². The third-order valence-electron chi connectivity index (χ3n) is 8.28. The van der Waals surface area contributed by atoms with Crippen LogP contribution in [0.4, 0.5) is 5.69 Å². The van der Waals surface area contributed by atoms with Crippen LogP contribution in [0.25, 0.3) is 5.57 Å². The fourth-order valence-electron chi connectivity index (χ4n) is 5.74. The maximum atomic E-state index is 14.1. The second-order valence-electron chi connectivity index (χ2n) is 12.5. The lowest BCUT2D eigenvalue weighted by Gasteiger charge is -2.38. The fraction of sp³-hybridized carbons (Fsp3) is 0.629. The first kappa shape index (κ1) is 33.8. The molecule has 0 aliphatic carbocycles. The minimum atomic E-state index is -0.342. The van der Waals surface area contributed by atoms with Gasteiger partial charge in [0.25, 0.3) is 11.8 Å². The molecular weight excluding hydrogens is 542 g/mol. The summed E-state index contributed by atoms with van der Waals surface area (Å²) in [4.78, 5) is 33.7. The first-order chi connectivity index (χ1) is 20.1. The van der Waals surface area contributed by atoms with Crippen molar-refractivity contribution in [1.82, 2.24) is 9.80 Å². The van der Waals surface area contributed by atoms with Crippen LogP contribution >= 0.6 is 12.2 Å². The molecule has 42 heavy (non-hydrogen) atoms. The summed E-state index contributed by atoms with van der Waals surface area (Å²) in [5.74, 6) is 0.324. The topological polar surface area (TPSA) is 53.1 Å². The van der Waals surface area contributed by atoms with E-state index in [4.69, 9.17) is 17.0 Å². The Morgan fingerprint density at radius 1 is 0.786 bits per heavy atom. The number of thiocarbonyl (C=S) groups is 1. The second kappa shape index (κ2) is 15.7. The molecule has 2 heterocycles. The van der Waals surface area contributed by atoms with Crippen LogP contribution < -0.4 is 9.64 Å². The Morgan fingerprint density at radius 3 is 1.79 bits per heavy atom. The number of fused-ring (bicyclic) bond motifs is 1. The van der Waals surface area contributed by atoms with Crippen molar-refractivity contribution in [2.24, 2.45) is 5.41 Å². The number of unbranched alkanes of at least 4 members (excludes halogenated alkanes) is 8. The molecule has 2 amide bonds. The highest BCUT2D eigenvalue weighted by Crippen LogP contribution is 2.45. The first-order valence-electron chi connectivity index (χ1n) is 16.3. The van der Waals surface area contributed by atoms with E-state index in [9.17, 15) is 9.59 Å². The van der Waals surface area contributed by atoms with Gasteiger partial charge in [-0.15, -0.1) is 0 Å². The van der Waals surface area contributed by atoms with Gasteiger partial charge in [0, 0.05) is 43.5 Å². The standard InChI is InChI=1S/C35H53N3O3S/c1-8-12-14-16-18-22-37-32(39)31(33(40)38(34(37)42)23-19-17-15-13-9-2)30-25-28(35(5,6)7)27-21-20-26(24-29(27)41-30)36(10-3)11-4/h20-21,24-25H,8-19,22-23H2,1-7H3. The number of carbonyl (C=O) groups is 2. The van der Waals surface area contributed by atoms with Gasteiger partial charge < -0.3 is 9.64 Å². The summed E-state index contributed by atoms with van der Waals surface area (Å²) >= 11 is 5.80. The Kier molecular flexibility index (Phi) is 12.6. The molecule has 2 aliphatic heterocycles. The molecule has 1 aromatic rings. The number of benzene rings is 1. The summed E-state index contributed by atoms with van der Waals surface area (Å²) in [7, 11) is 0. The van der Waals surface area contributed by atoms with E-state index in [0.717, 1.165) is 81.3 Å². The SMILES string of the molecule is CCCCCCCN1C(=O)C(=C2C=C(C(C)(C)C)c3ccc(N(CC)CC)cc3O2)C(=O)N(CCCCCCC)C1=S. The summed E-state index contributed by atoms with van der Waals surface area (Å²) in [6, 6.07) is 6.27. The monoisotopic (exact) mass is 595 g/mol. The molecule has 0 unspecified atom stereocenters. The Morgan fingerprint density at radius 2 is 1.31 bits per heavy atom. The molecular formula is C35H53N3O3S. The van der Waals surface area contributed by atoms with Crippen molar-refractivity contribution < 1.29 is 14.3 Å². The van der Waals surface area contributed by atoms with E-state index in [-0.39, 0.29) is 22.8 Å². The lowest BCUT2D eigenvalue weighted by atomic mass is 9.80. The molecule has 2 aliphatic rings. The molecule has 1 saturated heterocycles. The number of ether oxygens (including phenoxy) is 1. The minimum absolute atomic E-state index is 0.0892. The van der Waals surface area contributed by atoms with Crippen molar-refractivity contribution in [3.63, 3.8) is 0 Å². The van der Waals surface area contributed by atoms with Crippen LogP contribution in [0.1, 0.15) is 118 Å². The molecule has 1 aromatic carbocycles. The average Bonchev–Trinajstić information content (AvgIpc) is 2.95. The van der Waals surface area contributed by atoms with Crippen molar-refractivity contribution in [3.05, 3.63) is 41.2 Å². The van der Waals surface area contributed by atoms with Crippen molar-refractivity contribution in [2.45, 2.75) is 113 Å². The Bertz CT molecular complexity index is 1140. The van der Waals surface area contributed by atoms with Crippen molar-refractivity contribution in [3.8, 4) is 5.75 Å². The molecule has 0 aromatic heterocycles. The molecule has 6 nitrogen and oxygen atoms in total. The third-order valence-corrected chi connectivity index (χ3v) is 8.72. The van der Waals surface area contributed by atoms with Gasteiger partial charge in [-0.3, -0.25) is 19.4 Å². The zero-order valence-electron chi connectivity index (χ0n) is 27.2. The van der Waals surface area contributed by atoms with Gasteiger partial charge in [-0.05, 0) is 68.1 Å². The van der Waals surface area contributed by atoms with Crippen LogP contribution in [-0.4, -0.2) is 52.9 Å². The highest BCUT2D eigenvalue weighted by atomic mass is 32.1. The van der Waals surface area contributed by atoms with Crippen LogP contribution in [0.2, 0.25) is 0 Å². The van der Waals surface area contributed by atoms with Crippen LogP contribution in [-0.2, 0) is 9.59 Å². The number of amides is 2. The van der Waals surface area contributed by atoms with Gasteiger partial charge in [0.15, 0.2) is 5.11 Å². The lowest BCUT2D eigenvalue weighted by molar-refractivity contribution is -0.134. The molecule has 0 N–H and O–H groups in total. The lowest BCUT2D eigenvalue weighted by Crippen LogP contribution is -2.57. The van der Waals surface area contributed by atoms with E-state index in [1.165, 1.54) is 12.8 Å². The van der Waals surface area contributed by atoms with E-state index in [1.54, 1.807) is 9.80 Å². The number of hydrogen-bond acceptors (Lipinski definition) is 5. The van der Waals surface area contributed by atoms with Crippen molar-refractivity contribution in [2.75, 3.05) is 31.1 Å². The predicted molar refractivity (Wildman–Crippen MR) is 179 cm³/mol. The molecule has 0 saturated carbocycles. The van der Waals surface area contributed by atoms with E-state index < -0.39 is 0 Å². The quantitative estimate of drug-likeness (QED) is 0.0881. The van der Waals surface area contributed by atoms with Gasteiger partial charge in [-0.25, -0.2) is 0 Å². The van der Waals surface area contributed by atoms with Crippen LogP contribution in [0, 0.1) is 5.41 Å². The van der Waals surface area contributed by atoms with Gasteiger partial charge in [0.05, 0.1) is 0 Å². The Balaban J connectivity index is 2.06. The van der Waals surface area contributed by atoms with Crippen LogP contribution in [0.15, 0.2) is 35.6 Å². The second-order valence-corrected chi connectivity index (χ2v) is 12.9. The zero-order chi connectivity index (χ0) is 30.9. The van der Waals surface area contributed by atoms with E-state index in [2.05, 4.69) is 65.5 Å². The first-order valence-corrected chi connectivity index (χ1v) is 16.7. The average molecular weight is 596 g/mol. The fourth-order valence-corrected chi connectivity index (χ4v) is 6.09. The van der Waals surface area contributed by atoms with Gasteiger partial charge in [-0.1, -0.05) is 86.0 Å². The predicted octanol–water partition coefficient (Wildman–Crippen LogP) is 8.51. The number of anilines is 1. The summed E-state index contributed by atoms with van der Waals surface area (Å²) < 4.78 is 6.50. The minimum Gasteiger partial charge on any atom is -0.456 e. The van der Waals surface area contributed by atoms with Gasteiger partial charge >= 0.3 is 0 Å². The summed E-state index contributed by atoms with van der Waals surface area (Å²) in [5.41, 5.74) is 2.96. The molecule has 0 radical (unpaired) electrons. The van der Waals surface area contributed by atoms with Gasteiger partial charge in [0.2, 0.25) is 0 Å². The Hall–Kier alpha value is -2.67. The van der Waals surface area contributed by atoms with Crippen molar-refractivity contribution in [1.29, 1.82) is 0 Å². The maximum Gasteiger partial charge on any atom is 0.269 e. The number of nitrogens with zero attached hydrogens (tertiary/aromatic N) is 3. The zero-order valence-corrected chi connectivity index (χ0v) is 28.0. The largest absolute Gasteiger partial charge is 0.456 e. The number of allylic oxidation sites excluding steroid dienone is 2. The summed E-state index contributed by atoms with van der Waals surface area (Å²) in [5, 5.41) is 0.334. The summed E-state index contributed by atoms with van der Waals surface area (Å²) in [6.07, 6.45) is 12.6. The van der Waals surface area contributed by atoms with E-state index >= 15 is 0 Å². The normalized spacial score (nSPS) is 15.7. The van der Waals surface area contributed by atoms with Gasteiger partial charge in [0.1, 0.15) is 17.1 Å². The number of carbonyl (C=O) groups excluding carboxylic acids is 2. The molecule has 0 spiro atoms. The smallest absolute Gasteiger partial charge is 0.269 e. The number of rotatable bonds is 15. The van der Waals surface area contributed by atoms with Crippen LogP contribution in [0.5, 0.6) is 5.75 Å². The highest BCUT2D eigenvalue weighted by molar-refractivity contribution is 7.80. The highest BCUT2D eigenvalue weighted by Gasteiger charge is 2.42. The third kappa shape index (κ3) is 8.03. The summed E-state index contributed by atoms with van der Waals surface area (Å²) in [6.45, 7) is 17.9.